The zero-order valence-corrected chi connectivity index (χ0v) is 17.5. The molecule has 0 saturated heterocycles. The molecule has 0 radical (unpaired) electrons. The quantitative estimate of drug-likeness (QED) is 0.457. The molecule has 2 atom stereocenters. The maximum absolute atomic E-state index is 4.92. The molecule has 0 amide bonds. The third-order valence-electron chi connectivity index (χ3n) is 6.21. The van der Waals surface area contributed by atoms with Crippen molar-refractivity contribution >= 4 is 0 Å². The number of unbranched alkanes of at least 4 members (excludes halogenated alkanes) is 3. The Balaban J connectivity index is 1.61. The first-order valence-corrected chi connectivity index (χ1v) is 11.1. The molecule has 0 N–H and O–H groups in total. The van der Waals surface area contributed by atoms with Crippen LogP contribution >= 0.6 is 0 Å². The van der Waals surface area contributed by atoms with Gasteiger partial charge in [-0.3, -0.25) is 0 Å². The Hall–Kier alpha value is -1.70. The third-order valence-corrected chi connectivity index (χ3v) is 6.21. The Kier molecular flexibility index (Phi) is 7.43. The fraction of sp³-hybridized carbons (Fsp3) is 0.600. The fourth-order valence-electron chi connectivity index (χ4n) is 4.16. The first-order chi connectivity index (χ1) is 13.2. The molecule has 2 aromatic rings. The summed E-state index contributed by atoms with van der Waals surface area (Å²) < 4.78 is 0. The SMILES string of the molecule is CCCCCCC1CCc2nc(-c3ccc(CC(C)CC)cc3)ncc2C1. The number of benzene rings is 1. The predicted octanol–water partition coefficient (Wildman–Crippen LogP) is 6.81. The molecule has 146 valence electrons. The van der Waals surface area contributed by atoms with E-state index in [2.05, 4.69) is 51.2 Å². The second-order valence-corrected chi connectivity index (χ2v) is 8.54. The lowest BCUT2D eigenvalue weighted by atomic mass is 9.84. The van der Waals surface area contributed by atoms with Crippen molar-refractivity contribution in [1.82, 2.24) is 9.97 Å². The van der Waals surface area contributed by atoms with Gasteiger partial charge in [0.2, 0.25) is 0 Å². The standard InChI is InChI=1S/C25H36N2/c1-4-6-7-8-9-20-12-15-24-23(17-20)18-26-25(27-24)22-13-10-21(11-14-22)16-19(3)5-2/h10-11,13-14,18-20H,4-9,12,15-17H2,1-3H3. The number of rotatable bonds is 9. The number of aromatic nitrogens is 2. The first-order valence-electron chi connectivity index (χ1n) is 11.1. The van der Waals surface area contributed by atoms with E-state index >= 15 is 0 Å². The average Bonchev–Trinajstić information content (AvgIpc) is 2.71. The Labute approximate surface area is 165 Å². The van der Waals surface area contributed by atoms with E-state index in [1.54, 1.807) is 0 Å². The van der Waals surface area contributed by atoms with E-state index in [9.17, 15) is 0 Å². The summed E-state index contributed by atoms with van der Waals surface area (Å²) in [6.07, 6.45) is 14.9. The van der Waals surface area contributed by atoms with Crippen LogP contribution in [-0.4, -0.2) is 9.97 Å². The van der Waals surface area contributed by atoms with Crippen molar-refractivity contribution in [3.8, 4) is 11.4 Å². The molecular weight excluding hydrogens is 328 g/mol. The molecular formula is C25H36N2. The molecule has 1 aliphatic carbocycles. The highest BCUT2D eigenvalue weighted by Crippen LogP contribution is 2.29. The van der Waals surface area contributed by atoms with Gasteiger partial charge in [0, 0.05) is 17.5 Å². The number of hydrogen-bond donors (Lipinski definition) is 0. The first kappa shape index (κ1) is 20.0. The molecule has 1 aliphatic rings. The molecule has 0 bridgehead atoms. The highest BCUT2D eigenvalue weighted by atomic mass is 14.9. The Morgan fingerprint density at radius 1 is 1.07 bits per heavy atom. The van der Waals surface area contributed by atoms with Crippen LogP contribution < -0.4 is 0 Å². The largest absolute Gasteiger partial charge is 0.236 e. The van der Waals surface area contributed by atoms with Crippen LogP contribution in [0.3, 0.4) is 0 Å². The molecule has 2 unspecified atom stereocenters. The topological polar surface area (TPSA) is 25.8 Å². The van der Waals surface area contributed by atoms with Crippen LogP contribution in [0.25, 0.3) is 11.4 Å². The number of aryl methyl sites for hydroxylation is 1. The highest BCUT2D eigenvalue weighted by Gasteiger charge is 2.20. The smallest absolute Gasteiger partial charge is 0.159 e. The number of fused-ring (bicyclic) bond motifs is 1. The molecule has 1 aromatic heterocycles. The van der Waals surface area contributed by atoms with Crippen molar-refractivity contribution in [3.63, 3.8) is 0 Å². The van der Waals surface area contributed by atoms with Gasteiger partial charge < -0.3 is 0 Å². The summed E-state index contributed by atoms with van der Waals surface area (Å²) in [4.78, 5) is 9.63. The normalized spacial score (nSPS) is 17.5. The van der Waals surface area contributed by atoms with Crippen LogP contribution in [0.5, 0.6) is 0 Å². The average molecular weight is 365 g/mol. The van der Waals surface area contributed by atoms with Crippen molar-refractivity contribution in [2.24, 2.45) is 11.8 Å². The van der Waals surface area contributed by atoms with Gasteiger partial charge in [0.25, 0.3) is 0 Å². The van der Waals surface area contributed by atoms with Gasteiger partial charge in [0.15, 0.2) is 5.82 Å². The van der Waals surface area contributed by atoms with Crippen molar-refractivity contribution in [2.75, 3.05) is 0 Å². The summed E-state index contributed by atoms with van der Waals surface area (Å²) in [5.74, 6) is 2.47. The van der Waals surface area contributed by atoms with Crippen LogP contribution in [0.1, 0.15) is 82.5 Å². The van der Waals surface area contributed by atoms with E-state index in [0.717, 1.165) is 36.1 Å². The lowest BCUT2D eigenvalue weighted by Crippen LogP contribution is -2.16. The second kappa shape index (κ2) is 10.0. The van der Waals surface area contributed by atoms with Gasteiger partial charge in [-0.25, -0.2) is 9.97 Å². The molecule has 2 heteroatoms. The van der Waals surface area contributed by atoms with Gasteiger partial charge in [0.05, 0.1) is 0 Å². The third kappa shape index (κ3) is 5.64. The van der Waals surface area contributed by atoms with Crippen molar-refractivity contribution in [1.29, 1.82) is 0 Å². The zero-order valence-electron chi connectivity index (χ0n) is 17.5. The summed E-state index contributed by atoms with van der Waals surface area (Å²) in [6.45, 7) is 6.86. The van der Waals surface area contributed by atoms with E-state index in [1.165, 1.54) is 68.2 Å². The Morgan fingerprint density at radius 2 is 1.89 bits per heavy atom. The van der Waals surface area contributed by atoms with E-state index in [4.69, 9.17) is 9.97 Å². The fourth-order valence-corrected chi connectivity index (χ4v) is 4.16. The molecule has 1 heterocycles. The predicted molar refractivity (Wildman–Crippen MR) is 115 cm³/mol. The van der Waals surface area contributed by atoms with E-state index in [-0.39, 0.29) is 0 Å². The van der Waals surface area contributed by atoms with Crippen molar-refractivity contribution in [2.45, 2.75) is 85.0 Å². The van der Waals surface area contributed by atoms with Gasteiger partial charge in [0.1, 0.15) is 0 Å². The summed E-state index contributed by atoms with van der Waals surface area (Å²) in [5, 5.41) is 0. The maximum Gasteiger partial charge on any atom is 0.159 e. The summed E-state index contributed by atoms with van der Waals surface area (Å²) in [6, 6.07) is 8.88. The summed E-state index contributed by atoms with van der Waals surface area (Å²) in [5.41, 5.74) is 5.23. The molecule has 0 fully saturated rings. The molecule has 27 heavy (non-hydrogen) atoms. The minimum absolute atomic E-state index is 0.741. The minimum Gasteiger partial charge on any atom is -0.236 e. The zero-order chi connectivity index (χ0) is 19.1. The van der Waals surface area contributed by atoms with Crippen molar-refractivity contribution in [3.05, 3.63) is 47.3 Å². The van der Waals surface area contributed by atoms with Gasteiger partial charge >= 0.3 is 0 Å². The maximum atomic E-state index is 4.92. The molecule has 3 rings (SSSR count). The van der Waals surface area contributed by atoms with E-state index in [0.29, 0.717) is 0 Å². The number of nitrogens with zero attached hydrogens (tertiary/aromatic N) is 2. The van der Waals surface area contributed by atoms with Crippen molar-refractivity contribution < 1.29 is 0 Å². The lowest BCUT2D eigenvalue weighted by Gasteiger charge is -2.24. The lowest BCUT2D eigenvalue weighted by molar-refractivity contribution is 0.401. The Bertz CT molecular complexity index is 705. The number of hydrogen-bond acceptors (Lipinski definition) is 2. The molecule has 2 nitrogen and oxygen atoms in total. The molecule has 0 spiro atoms. The van der Waals surface area contributed by atoms with E-state index < -0.39 is 0 Å². The van der Waals surface area contributed by atoms with Crippen LogP contribution in [0.15, 0.2) is 30.5 Å². The van der Waals surface area contributed by atoms with Gasteiger partial charge in [-0.2, -0.15) is 0 Å². The van der Waals surface area contributed by atoms with Crippen LogP contribution in [0, 0.1) is 11.8 Å². The van der Waals surface area contributed by atoms with E-state index in [1.807, 2.05) is 0 Å². The summed E-state index contributed by atoms with van der Waals surface area (Å²) >= 11 is 0. The molecule has 0 aliphatic heterocycles. The molecule has 0 saturated carbocycles. The van der Waals surface area contributed by atoms with Gasteiger partial charge in [-0.15, -0.1) is 0 Å². The Morgan fingerprint density at radius 3 is 2.63 bits per heavy atom. The van der Waals surface area contributed by atoms with Gasteiger partial charge in [-0.05, 0) is 48.6 Å². The van der Waals surface area contributed by atoms with Gasteiger partial charge in [-0.1, -0.05) is 83.6 Å². The second-order valence-electron chi connectivity index (χ2n) is 8.54. The monoisotopic (exact) mass is 364 g/mol. The highest BCUT2D eigenvalue weighted by molar-refractivity contribution is 5.55. The molecule has 1 aromatic carbocycles. The summed E-state index contributed by atoms with van der Waals surface area (Å²) in [7, 11) is 0. The van der Waals surface area contributed by atoms with Crippen LogP contribution in [0.2, 0.25) is 0 Å². The van der Waals surface area contributed by atoms with Crippen LogP contribution in [0.4, 0.5) is 0 Å². The minimum atomic E-state index is 0.741. The van der Waals surface area contributed by atoms with Crippen LogP contribution in [-0.2, 0) is 19.3 Å².